The van der Waals surface area contributed by atoms with Crippen LogP contribution in [0.1, 0.15) is 39.9 Å². The van der Waals surface area contributed by atoms with E-state index in [9.17, 15) is 13.2 Å². The standard InChI is InChI=1S/C24H23N3O4S2/c28-24(18-7-9-20(10-8-18)33(29,30)25-16-19-4-3-15-31-19)27-13-11-17(12-14-27)23-26-21-5-1-2-6-22(21)32-23/h1-10,15,17,25H,11-14,16H2. The zero-order valence-electron chi connectivity index (χ0n) is 17.8. The van der Waals surface area contributed by atoms with Gasteiger partial charge in [-0.05, 0) is 61.4 Å². The summed E-state index contributed by atoms with van der Waals surface area (Å²) in [5, 5.41) is 1.14. The molecule has 1 aliphatic rings. The summed E-state index contributed by atoms with van der Waals surface area (Å²) in [5.41, 5.74) is 1.52. The van der Waals surface area contributed by atoms with Crippen molar-refractivity contribution < 1.29 is 17.6 Å². The second-order valence-corrected chi connectivity index (χ2v) is 10.8. The monoisotopic (exact) mass is 481 g/mol. The van der Waals surface area contributed by atoms with E-state index in [1.807, 2.05) is 23.1 Å². The molecule has 1 amide bonds. The Hall–Kier alpha value is -3.01. The lowest BCUT2D eigenvalue weighted by atomic mass is 9.97. The fourth-order valence-corrected chi connectivity index (χ4v) is 6.15. The first-order valence-corrected chi connectivity index (χ1v) is 13.1. The van der Waals surface area contributed by atoms with E-state index in [1.165, 1.54) is 23.1 Å². The molecule has 1 aliphatic heterocycles. The molecule has 4 aromatic rings. The summed E-state index contributed by atoms with van der Waals surface area (Å²) < 4.78 is 33.8. The largest absolute Gasteiger partial charge is 0.468 e. The Kier molecular flexibility index (Phi) is 6.01. The Labute approximate surface area is 196 Å². The number of sulfonamides is 1. The van der Waals surface area contributed by atoms with Crippen LogP contribution >= 0.6 is 11.3 Å². The number of thiazole rings is 1. The van der Waals surface area contributed by atoms with Crippen molar-refractivity contribution in [2.24, 2.45) is 0 Å². The molecule has 2 aromatic heterocycles. The minimum atomic E-state index is -3.69. The zero-order chi connectivity index (χ0) is 22.8. The summed E-state index contributed by atoms with van der Waals surface area (Å²) in [5.74, 6) is 0.809. The molecular formula is C24H23N3O4S2. The summed E-state index contributed by atoms with van der Waals surface area (Å²) in [4.78, 5) is 19.7. The quantitative estimate of drug-likeness (QED) is 0.441. The van der Waals surface area contributed by atoms with Crippen molar-refractivity contribution in [2.45, 2.75) is 30.2 Å². The third-order valence-electron chi connectivity index (χ3n) is 5.87. The van der Waals surface area contributed by atoms with Gasteiger partial charge in [-0.2, -0.15) is 0 Å². The van der Waals surface area contributed by atoms with Crippen molar-refractivity contribution in [3.8, 4) is 0 Å². The van der Waals surface area contributed by atoms with Crippen molar-refractivity contribution in [3.05, 3.63) is 83.3 Å². The molecule has 1 fully saturated rings. The molecule has 5 rings (SSSR count). The van der Waals surface area contributed by atoms with Gasteiger partial charge in [0, 0.05) is 24.6 Å². The molecule has 1 saturated heterocycles. The van der Waals surface area contributed by atoms with Crippen LogP contribution in [0.15, 0.2) is 76.2 Å². The molecule has 1 N–H and O–H groups in total. The molecule has 170 valence electrons. The van der Waals surface area contributed by atoms with Crippen molar-refractivity contribution in [1.29, 1.82) is 0 Å². The highest BCUT2D eigenvalue weighted by molar-refractivity contribution is 7.89. The number of amides is 1. The van der Waals surface area contributed by atoms with E-state index in [0.29, 0.717) is 30.3 Å². The smallest absolute Gasteiger partial charge is 0.253 e. The van der Waals surface area contributed by atoms with Gasteiger partial charge in [-0.25, -0.2) is 18.1 Å². The first-order chi connectivity index (χ1) is 16.0. The van der Waals surface area contributed by atoms with Crippen molar-refractivity contribution >= 4 is 37.5 Å². The second-order valence-electron chi connectivity index (χ2n) is 8.01. The zero-order valence-corrected chi connectivity index (χ0v) is 19.4. The SMILES string of the molecule is O=C(c1ccc(S(=O)(=O)NCc2ccco2)cc1)N1CCC(c2nc3ccccc3s2)CC1. The van der Waals surface area contributed by atoms with E-state index < -0.39 is 10.0 Å². The summed E-state index contributed by atoms with van der Waals surface area (Å²) in [6, 6.07) is 17.6. The molecule has 7 nitrogen and oxygen atoms in total. The predicted molar refractivity (Wildman–Crippen MR) is 127 cm³/mol. The van der Waals surface area contributed by atoms with Crippen LogP contribution in [-0.2, 0) is 16.6 Å². The number of hydrogen-bond acceptors (Lipinski definition) is 6. The van der Waals surface area contributed by atoms with Gasteiger partial charge in [-0.1, -0.05) is 12.1 Å². The number of likely N-dealkylation sites (tertiary alicyclic amines) is 1. The fraction of sp³-hybridized carbons (Fsp3) is 0.250. The number of para-hydroxylation sites is 1. The normalized spacial score (nSPS) is 15.2. The molecule has 0 atom stereocenters. The molecule has 0 aliphatic carbocycles. The van der Waals surface area contributed by atoms with E-state index in [-0.39, 0.29) is 17.3 Å². The topological polar surface area (TPSA) is 92.5 Å². The highest BCUT2D eigenvalue weighted by Crippen LogP contribution is 2.34. The maximum atomic E-state index is 13.0. The van der Waals surface area contributed by atoms with Crippen LogP contribution in [-0.4, -0.2) is 37.3 Å². The number of fused-ring (bicyclic) bond motifs is 1. The summed E-state index contributed by atoms with van der Waals surface area (Å²) >= 11 is 1.73. The Morgan fingerprint density at radius 1 is 1.06 bits per heavy atom. The van der Waals surface area contributed by atoms with Crippen molar-refractivity contribution in [3.63, 3.8) is 0 Å². The van der Waals surface area contributed by atoms with Crippen LogP contribution in [0.25, 0.3) is 10.2 Å². The number of piperidine rings is 1. The summed E-state index contributed by atoms with van der Waals surface area (Å²) in [6.45, 7) is 1.38. The first kappa shape index (κ1) is 21.8. The van der Waals surface area contributed by atoms with Crippen LogP contribution in [0.3, 0.4) is 0 Å². The minimum absolute atomic E-state index is 0.0691. The predicted octanol–water partition coefficient (Wildman–Crippen LogP) is 4.39. The van der Waals surface area contributed by atoms with Gasteiger partial charge in [0.15, 0.2) is 0 Å². The summed E-state index contributed by atoms with van der Waals surface area (Å²) in [6.07, 6.45) is 3.23. The van der Waals surface area contributed by atoms with E-state index in [2.05, 4.69) is 10.8 Å². The number of hydrogen-bond donors (Lipinski definition) is 1. The van der Waals surface area contributed by atoms with Gasteiger partial charge in [-0.15, -0.1) is 11.3 Å². The van der Waals surface area contributed by atoms with Crippen LogP contribution in [0.2, 0.25) is 0 Å². The van der Waals surface area contributed by atoms with Gasteiger partial charge < -0.3 is 9.32 Å². The Morgan fingerprint density at radius 2 is 1.82 bits per heavy atom. The van der Waals surface area contributed by atoms with Gasteiger partial charge in [0.05, 0.1) is 32.9 Å². The lowest BCUT2D eigenvalue weighted by molar-refractivity contribution is 0.0713. The number of furan rings is 1. The number of aromatic nitrogens is 1. The number of nitrogens with zero attached hydrogens (tertiary/aromatic N) is 2. The average Bonchev–Trinajstić information content (AvgIpc) is 3.52. The molecule has 0 spiro atoms. The highest BCUT2D eigenvalue weighted by Gasteiger charge is 2.27. The van der Waals surface area contributed by atoms with E-state index in [4.69, 9.17) is 9.40 Å². The highest BCUT2D eigenvalue weighted by atomic mass is 32.2. The van der Waals surface area contributed by atoms with Crippen LogP contribution in [0.4, 0.5) is 0 Å². The molecule has 33 heavy (non-hydrogen) atoms. The van der Waals surface area contributed by atoms with Crippen molar-refractivity contribution in [2.75, 3.05) is 13.1 Å². The average molecular weight is 482 g/mol. The van der Waals surface area contributed by atoms with E-state index in [0.717, 1.165) is 23.4 Å². The van der Waals surface area contributed by atoms with Crippen LogP contribution < -0.4 is 4.72 Å². The lowest BCUT2D eigenvalue weighted by Crippen LogP contribution is -2.37. The minimum Gasteiger partial charge on any atom is -0.468 e. The fourth-order valence-electron chi connectivity index (χ4n) is 4.02. The van der Waals surface area contributed by atoms with Crippen LogP contribution in [0.5, 0.6) is 0 Å². The number of carbonyl (C=O) groups excluding carboxylic acids is 1. The third kappa shape index (κ3) is 4.71. The molecule has 0 radical (unpaired) electrons. The number of carbonyl (C=O) groups is 1. The molecular weight excluding hydrogens is 458 g/mol. The van der Waals surface area contributed by atoms with E-state index in [1.54, 1.807) is 35.6 Å². The van der Waals surface area contributed by atoms with Crippen molar-refractivity contribution in [1.82, 2.24) is 14.6 Å². The summed E-state index contributed by atoms with van der Waals surface area (Å²) in [7, 11) is -3.69. The molecule has 0 bridgehead atoms. The molecule has 0 saturated carbocycles. The van der Waals surface area contributed by atoms with Gasteiger partial charge in [-0.3, -0.25) is 4.79 Å². The van der Waals surface area contributed by atoms with Gasteiger partial charge in [0.2, 0.25) is 10.0 Å². The van der Waals surface area contributed by atoms with Gasteiger partial charge >= 0.3 is 0 Å². The first-order valence-electron chi connectivity index (χ1n) is 10.8. The van der Waals surface area contributed by atoms with Gasteiger partial charge in [0.25, 0.3) is 5.91 Å². The Bertz CT molecular complexity index is 1320. The lowest BCUT2D eigenvalue weighted by Gasteiger charge is -2.31. The number of rotatable bonds is 6. The Morgan fingerprint density at radius 3 is 2.52 bits per heavy atom. The molecule has 3 heterocycles. The third-order valence-corrected chi connectivity index (χ3v) is 8.49. The van der Waals surface area contributed by atoms with Crippen LogP contribution in [0, 0.1) is 0 Å². The van der Waals surface area contributed by atoms with E-state index >= 15 is 0 Å². The second kappa shape index (κ2) is 9.09. The maximum Gasteiger partial charge on any atom is 0.253 e. The maximum absolute atomic E-state index is 13.0. The molecule has 9 heteroatoms. The number of benzene rings is 2. The number of nitrogens with one attached hydrogen (secondary N) is 1. The molecule has 0 unspecified atom stereocenters. The van der Waals surface area contributed by atoms with Gasteiger partial charge in [0.1, 0.15) is 5.76 Å². The Balaban J connectivity index is 1.20. The molecule has 2 aromatic carbocycles.